The maximum Gasteiger partial charge on any atom is 0.245 e. The highest BCUT2D eigenvalue weighted by molar-refractivity contribution is 7.89. The fourth-order valence-electron chi connectivity index (χ4n) is 3.29. The van der Waals surface area contributed by atoms with E-state index in [1.165, 1.54) is 0 Å². The topological polar surface area (TPSA) is 93.9 Å². The SMILES string of the molecule is Cn1cnnc1C[C@H]1CCCN(S(=O)(=O)c2cccc3nsnc23)C1. The van der Waals surface area contributed by atoms with Crippen LogP contribution in [-0.4, -0.2) is 49.3 Å². The predicted molar refractivity (Wildman–Crippen MR) is 93.6 cm³/mol. The number of hydrogen-bond donors (Lipinski definition) is 0. The molecule has 0 saturated carbocycles. The van der Waals surface area contributed by atoms with Crippen molar-refractivity contribution in [3.63, 3.8) is 0 Å². The van der Waals surface area contributed by atoms with Crippen molar-refractivity contribution in [1.82, 2.24) is 27.8 Å². The number of rotatable bonds is 4. The smallest absolute Gasteiger partial charge is 0.245 e. The van der Waals surface area contributed by atoms with Gasteiger partial charge in [0.05, 0.1) is 11.7 Å². The Kier molecular flexibility index (Phi) is 4.26. The molecule has 0 N–H and O–H groups in total. The van der Waals surface area contributed by atoms with Gasteiger partial charge in [0.15, 0.2) is 0 Å². The molecule has 1 atom stereocenters. The zero-order valence-corrected chi connectivity index (χ0v) is 15.4. The first-order chi connectivity index (χ1) is 12.1. The third-order valence-corrected chi connectivity index (χ3v) is 7.06. The highest BCUT2D eigenvalue weighted by Crippen LogP contribution is 2.29. The van der Waals surface area contributed by atoms with Gasteiger partial charge in [-0.1, -0.05) is 6.07 Å². The molecule has 1 saturated heterocycles. The minimum atomic E-state index is -3.59. The molecule has 0 bridgehead atoms. The number of sulfonamides is 1. The molecule has 25 heavy (non-hydrogen) atoms. The summed E-state index contributed by atoms with van der Waals surface area (Å²) in [6.45, 7) is 1.02. The van der Waals surface area contributed by atoms with Crippen LogP contribution in [0.1, 0.15) is 18.7 Å². The van der Waals surface area contributed by atoms with Crippen molar-refractivity contribution in [2.45, 2.75) is 24.2 Å². The molecule has 2 aromatic heterocycles. The Morgan fingerprint density at radius 2 is 2.20 bits per heavy atom. The monoisotopic (exact) mass is 378 g/mol. The van der Waals surface area contributed by atoms with Gasteiger partial charge in [-0.15, -0.1) is 10.2 Å². The number of benzene rings is 1. The summed E-state index contributed by atoms with van der Waals surface area (Å²) in [6.07, 6.45) is 4.22. The van der Waals surface area contributed by atoms with E-state index in [2.05, 4.69) is 18.9 Å². The van der Waals surface area contributed by atoms with Gasteiger partial charge in [0.2, 0.25) is 10.0 Å². The molecule has 4 rings (SSSR count). The minimum Gasteiger partial charge on any atom is -0.321 e. The van der Waals surface area contributed by atoms with Gasteiger partial charge in [-0.05, 0) is 30.9 Å². The van der Waals surface area contributed by atoms with Crippen LogP contribution >= 0.6 is 11.7 Å². The first kappa shape index (κ1) is 16.6. The van der Waals surface area contributed by atoms with E-state index in [4.69, 9.17) is 0 Å². The summed E-state index contributed by atoms with van der Waals surface area (Å²) in [5.41, 5.74) is 1.08. The Bertz CT molecular complexity index is 996. The van der Waals surface area contributed by atoms with Crippen LogP contribution < -0.4 is 0 Å². The van der Waals surface area contributed by atoms with Crippen molar-refractivity contribution in [3.8, 4) is 0 Å². The molecule has 0 amide bonds. The lowest BCUT2D eigenvalue weighted by molar-refractivity contribution is 0.262. The minimum absolute atomic E-state index is 0.235. The molecule has 1 fully saturated rings. The number of aryl methyl sites for hydroxylation is 1. The molecule has 3 heterocycles. The molecule has 1 aliphatic heterocycles. The molecule has 1 aliphatic rings. The summed E-state index contributed by atoms with van der Waals surface area (Å²) >= 11 is 1.03. The Morgan fingerprint density at radius 1 is 1.32 bits per heavy atom. The number of piperidine rings is 1. The molecule has 1 aromatic carbocycles. The van der Waals surface area contributed by atoms with Gasteiger partial charge in [0.1, 0.15) is 28.1 Å². The van der Waals surface area contributed by atoms with Crippen molar-refractivity contribution in [3.05, 3.63) is 30.4 Å². The Balaban J connectivity index is 1.60. The first-order valence-electron chi connectivity index (χ1n) is 8.10. The lowest BCUT2D eigenvalue weighted by atomic mass is 9.96. The van der Waals surface area contributed by atoms with E-state index in [9.17, 15) is 8.42 Å². The molecular weight excluding hydrogens is 360 g/mol. The molecule has 132 valence electrons. The predicted octanol–water partition coefficient (Wildman–Crippen LogP) is 1.46. The van der Waals surface area contributed by atoms with Crippen molar-refractivity contribution in [1.29, 1.82) is 0 Å². The second-order valence-electron chi connectivity index (χ2n) is 6.32. The maximum absolute atomic E-state index is 13.1. The molecule has 0 radical (unpaired) electrons. The average Bonchev–Trinajstić information content (AvgIpc) is 3.24. The zero-order valence-electron chi connectivity index (χ0n) is 13.7. The van der Waals surface area contributed by atoms with Crippen LogP contribution in [0.15, 0.2) is 29.4 Å². The molecule has 10 heteroatoms. The Labute approximate surface area is 149 Å². The average molecular weight is 378 g/mol. The second kappa shape index (κ2) is 6.43. The zero-order chi connectivity index (χ0) is 17.4. The van der Waals surface area contributed by atoms with Crippen LogP contribution in [0.3, 0.4) is 0 Å². The van der Waals surface area contributed by atoms with Gasteiger partial charge in [-0.3, -0.25) is 0 Å². The van der Waals surface area contributed by atoms with Crippen LogP contribution in [0.5, 0.6) is 0 Å². The molecule has 8 nitrogen and oxygen atoms in total. The molecule has 0 aliphatic carbocycles. The highest BCUT2D eigenvalue weighted by atomic mass is 32.2. The quantitative estimate of drug-likeness (QED) is 0.682. The van der Waals surface area contributed by atoms with Gasteiger partial charge in [0.25, 0.3) is 0 Å². The van der Waals surface area contributed by atoms with Crippen molar-refractivity contribution in [2.75, 3.05) is 13.1 Å². The molecule has 0 spiro atoms. The normalized spacial score (nSPS) is 19.5. The third kappa shape index (κ3) is 3.05. The van der Waals surface area contributed by atoms with Crippen LogP contribution in [0.25, 0.3) is 11.0 Å². The van der Waals surface area contributed by atoms with Crippen molar-refractivity contribution < 1.29 is 8.42 Å². The van der Waals surface area contributed by atoms with Gasteiger partial charge in [0, 0.05) is 26.6 Å². The molecule has 0 unspecified atom stereocenters. The third-order valence-electron chi connectivity index (χ3n) is 4.62. The second-order valence-corrected chi connectivity index (χ2v) is 8.76. The van der Waals surface area contributed by atoms with Gasteiger partial charge >= 0.3 is 0 Å². The van der Waals surface area contributed by atoms with Crippen LogP contribution in [-0.2, 0) is 23.5 Å². The van der Waals surface area contributed by atoms with Gasteiger partial charge in [-0.2, -0.15) is 13.1 Å². The van der Waals surface area contributed by atoms with E-state index in [0.717, 1.165) is 36.8 Å². The van der Waals surface area contributed by atoms with E-state index in [1.807, 2.05) is 11.6 Å². The maximum atomic E-state index is 13.1. The van der Waals surface area contributed by atoms with E-state index < -0.39 is 10.0 Å². The first-order valence-corrected chi connectivity index (χ1v) is 10.3. The van der Waals surface area contributed by atoms with Crippen molar-refractivity contribution >= 4 is 32.8 Å². The van der Waals surface area contributed by atoms with E-state index in [1.54, 1.807) is 28.8 Å². The van der Waals surface area contributed by atoms with E-state index in [-0.39, 0.29) is 10.8 Å². The summed E-state index contributed by atoms with van der Waals surface area (Å²) in [5.74, 6) is 1.12. The van der Waals surface area contributed by atoms with Gasteiger partial charge in [-0.25, -0.2) is 8.42 Å². The largest absolute Gasteiger partial charge is 0.321 e. The van der Waals surface area contributed by atoms with Crippen molar-refractivity contribution in [2.24, 2.45) is 13.0 Å². The molecule has 3 aromatic rings. The van der Waals surface area contributed by atoms with Crippen LogP contribution in [0.2, 0.25) is 0 Å². The Hall–Kier alpha value is -1.91. The highest BCUT2D eigenvalue weighted by Gasteiger charge is 2.32. The lowest BCUT2D eigenvalue weighted by Gasteiger charge is -2.31. The van der Waals surface area contributed by atoms with Crippen LogP contribution in [0.4, 0.5) is 0 Å². The van der Waals surface area contributed by atoms with Gasteiger partial charge < -0.3 is 4.57 Å². The summed E-state index contributed by atoms with van der Waals surface area (Å²) < 4.78 is 38.1. The summed E-state index contributed by atoms with van der Waals surface area (Å²) in [5, 5.41) is 8.02. The number of aromatic nitrogens is 5. The lowest BCUT2D eigenvalue weighted by Crippen LogP contribution is -2.40. The fraction of sp³-hybridized carbons (Fsp3) is 0.467. The van der Waals surface area contributed by atoms with E-state index >= 15 is 0 Å². The summed E-state index contributed by atoms with van der Waals surface area (Å²) in [6, 6.07) is 5.12. The summed E-state index contributed by atoms with van der Waals surface area (Å²) in [4.78, 5) is 0.248. The fourth-order valence-corrected chi connectivity index (χ4v) is 5.60. The standard InChI is InChI=1S/C15H18N6O2S2/c1-20-10-16-17-14(20)8-11-4-3-7-21(9-11)25(22,23)13-6-2-5-12-15(13)19-24-18-12/h2,5-6,10-11H,3-4,7-9H2,1H3/t11-/m1/s1. The number of hydrogen-bond acceptors (Lipinski definition) is 7. The van der Waals surface area contributed by atoms with E-state index in [0.29, 0.717) is 24.1 Å². The number of nitrogens with zero attached hydrogens (tertiary/aromatic N) is 6. The summed E-state index contributed by atoms with van der Waals surface area (Å²) in [7, 11) is -1.68. The Morgan fingerprint density at radius 3 is 3.00 bits per heavy atom. The number of fused-ring (bicyclic) bond motifs is 1. The molecular formula is C15H18N6O2S2. The van der Waals surface area contributed by atoms with Crippen LogP contribution in [0, 0.1) is 5.92 Å².